The Labute approximate surface area is 189 Å². The Morgan fingerprint density at radius 1 is 0.969 bits per heavy atom. The first kappa shape index (κ1) is 23.7. The van der Waals surface area contributed by atoms with Gasteiger partial charge in [-0.1, -0.05) is 30.7 Å². The second-order valence-electron chi connectivity index (χ2n) is 7.50. The first-order chi connectivity index (χ1) is 15.4. The number of hydrogen-bond donors (Lipinski definition) is 2. The van der Waals surface area contributed by atoms with E-state index in [2.05, 4.69) is 10.6 Å². The second-order valence-corrected chi connectivity index (χ2v) is 9.44. The van der Waals surface area contributed by atoms with E-state index >= 15 is 0 Å². The maximum atomic E-state index is 12.7. The zero-order valence-electron chi connectivity index (χ0n) is 18.2. The summed E-state index contributed by atoms with van der Waals surface area (Å²) in [4.78, 5) is 24.6. The van der Waals surface area contributed by atoms with E-state index in [1.807, 2.05) is 6.92 Å². The predicted octanol–water partition coefficient (Wildman–Crippen LogP) is 2.56. The van der Waals surface area contributed by atoms with Crippen molar-refractivity contribution in [2.45, 2.75) is 37.5 Å². The molecular formula is C23H29N3O5S. The van der Waals surface area contributed by atoms with Gasteiger partial charge in [-0.05, 0) is 56.0 Å². The topological polar surface area (TPSA) is 105 Å². The Hall–Kier alpha value is -2.91. The minimum atomic E-state index is -3.46. The van der Waals surface area contributed by atoms with Gasteiger partial charge in [-0.15, -0.1) is 0 Å². The van der Waals surface area contributed by atoms with Gasteiger partial charge in [0.15, 0.2) is 0 Å². The fraction of sp³-hybridized carbons (Fsp3) is 0.391. The van der Waals surface area contributed by atoms with Crippen molar-refractivity contribution in [2.75, 3.05) is 31.6 Å². The average molecular weight is 460 g/mol. The number of hydrogen-bond acceptors (Lipinski definition) is 5. The molecule has 2 N–H and O–H groups in total. The van der Waals surface area contributed by atoms with Crippen molar-refractivity contribution in [1.82, 2.24) is 9.62 Å². The number of para-hydroxylation sites is 2. The number of rotatable bonds is 8. The highest BCUT2D eigenvalue weighted by atomic mass is 32.2. The summed E-state index contributed by atoms with van der Waals surface area (Å²) in [6.45, 7) is 3.65. The van der Waals surface area contributed by atoms with E-state index in [4.69, 9.17) is 4.74 Å². The molecule has 8 nitrogen and oxygen atoms in total. The van der Waals surface area contributed by atoms with E-state index in [-0.39, 0.29) is 11.4 Å². The quantitative estimate of drug-likeness (QED) is 0.591. The molecule has 2 aromatic rings. The Kier molecular flexibility index (Phi) is 8.24. The molecule has 2 amide bonds. The van der Waals surface area contributed by atoms with Crippen molar-refractivity contribution in [3.8, 4) is 5.75 Å². The summed E-state index contributed by atoms with van der Waals surface area (Å²) in [5.41, 5.74) is 1.30. The molecule has 0 aromatic heterocycles. The van der Waals surface area contributed by atoms with Crippen molar-refractivity contribution < 1.29 is 22.7 Å². The lowest BCUT2D eigenvalue weighted by atomic mass is 10.1. The van der Waals surface area contributed by atoms with E-state index in [0.717, 1.165) is 24.8 Å². The van der Waals surface area contributed by atoms with E-state index < -0.39 is 21.8 Å². The lowest BCUT2D eigenvalue weighted by Gasteiger charge is -2.25. The van der Waals surface area contributed by atoms with Crippen LogP contribution in [-0.4, -0.2) is 50.8 Å². The highest BCUT2D eigenvalue weighted by Crippen LogP contribution is 2.23. The Morgan fingerprint density at radius 2 is 1.66 bits per heavy atom. The summed E-state index contributed by atoms with van der Waals surface area (Å²) in [6.07, 6.45) is 3.32. The van der Waals surface area contributed by atoms with Crippen LogP contribution >= 0.6 is 0 Å². The van der Waals surface area contributed by atoms with Crippen LogP contribution in [-0.2, 0) is 26.0 Å². The molecule has 0 saturated carbocycles. The summed E-state index contributed by atoms with van der Waals surface area (Å²) in [7, 11) is -3.46. The molecule has 0 aliphatic carbocycles. The van der Waals surface area contributed by atoms with Gasteiger partial charge in [-0.2, -0.15) is 4.31 Å². The third kappa shape index (κ3) is 6.08. The molecule has 0 unspecified atom stereocenters. The van der Waals surface area contributed by atoms with Gasteiger partial charge >= 0.3 is 11.8 Å². The molecule has 1 aliphatic heterocycles. The third-order valence-corrected chi connectivity index (χ3v) is 7.13. The lowest BCUT2D eigenvalue weighted by Crippen LogP contribution is -2.36. The minimum Gasteiger partial charge on any atom is -0.492 e. The van der Waals surface area contributed by atoms with Crippen LogP contribution in [0.25, 0.3) is 0 Å². The van der Waals surface area contributed by atoms with Crippen LogP contribution in [0.2, 0.25) is 0 Å². The van der Waals surface area contributed by atoms with Crippen molar-refractivity contribution in [3.63, 3.8) is 0 Å². The number of benzene rings is 2. The van der Waals surface area contributed by atoms with Crippen LogP contribution in [0.15, 0.2) is 53.4 Å². The Morgan fingerprint density at radius 3 is 2.34 bits per heavy atom. The molecule has 2 aromatic carbocycles. The lowest BCUT2D eigenvalue weighted by molar-refractivity contribution is -0.136. The summed E-state index contributed by atoms with van der Waals surface area (Å²) in [5.74, 6) is -1.03. The normalized spacial score (nSPS) is 14.5. The highest BCUT2D eigenvalue weighted by Gasteiger charge is 2.25. The van der Waals surface area contributed by atoms with Gasteiger partial charge in [-0.25, -0.2) is 8.42 Å². The van der Waals surface area contributed by atoms with Crippen LogP contribution in [0.1, 0.15) is 31.7 Å². The number of piperidine rings is 1. The molecule has 0 spiro atoms. The Bertz CT molecular complexity index is 1030. The number of ether oxygens (including phenoxy) is 1. The molecule has 1 fully saturated rings. The number of sulfonamides is 1. The highest BCUT2D eigenvalue weighted by molar-refractivity contribution is 7.89. The molecule has 0 radical (unpaired) electrons. The molecule has 9 heteroatoms. The molecular weight excluding hydrogens is 430 g/mol. The van der Waals surface area contributed by atoms with Gasteiger partial charge < -0.3 is 15.4 Å². The van der Waals surface area contributed by atoms with Crippen LogP contribution in [0.3, 0.4) is 0 Å². The van der Waals surface area contributed by atoms with Crippen LogP contribution in [0.5, 0.6) is 5.75 Å². The predicted molar refractivity (Wildman–Crippen MR) is 122 cm³/mol. The monoisotopic (exact) mass is 459 g/mol. The fourth-order valence-electron chi connectivity index (χ4n) is 3.51. The summed E-state index contributed by atoms with van der Waals surface area (Å²) in [6, 6.07) is 13.6. The van der Waals surface area contributed by atoms with Crippen LogP contribution < -0.4 is 15.4 Å². The summed E-state index contributed by atoms with van der Waals surface area (Å²) in [5, 5.41) is 5.13. The minimum absolute atomic E-state index is 0.248. The van der Waals surface area contributed by atoms with E-state index in [1.54, 1.807) is 48.5 Å². The molecule has 0 bridgehead atoms. The van der Waals surface area contributed by atoms with Crippen LogP contribution in [0, 0.1) is 0 Å². The molecule has 1 heterocycles. The molecule has 3 rings (SSSR count). The van der Waals surface area contributed by atoms with E-state index in [1.165, 1.54) is 4.31 Å². The zero-order valence-corrected chi connectivity index (χ0v) is 19.0. The standard InChI is InChI=1S/C23H29N3O5S/c1-2-31-21-9-5-4-8-20(21)25-23(28)22(27)24-15-14-18-10-12-19(13-11-18)32(29,30)26-16-6-3-7-17-26/h4-5,8-13H,2-3,6-7,14-17H2,1H3,(H,24,27)(H,25,28). The van der Waals surface area contributed by atoms with Gasteiger partial charge in [0.05, 0.1) is 17.2 Å². The first-order valence-corrected chi connectivity index (χ1v) is 12.3. The Balaban J connectivity index is 1.50. The van der Waals surface area contributed by atoms with Crippen molar-refractivity contribution in [1.29, 1.82) is 0 Å². The SMILES string of the molecule is CCOc1ccccc1NC(=O)C(=O)NCCc1ccc(S(=O)(=O)N2CCCCC2)cc1. The number of carbonyl (C=O) groups is 2. The summed E-state index contributed by atoms with van der Waals surface area (Å²) >= 11 is 0. The molecule has 1 aliphatic rings. The number of carbonyl (C=O) groups excluding carboxylic acids is 2. The van der Waals surface area contributed by atoms with E-state index in [0.29, 0.717) is 37.6 Å². The van der Waals surface area contributed by atoms with Crippen molar-refractivity contribution in [2.24, 2.45) is 0 Å². The summed E-state index contributed by atoms with van der Waals surface area (Å²) < 4.78 is 32.4. The van der Waals surface area contributed by atoms with Gasteiger partial charge in [0, 0.05) is 19.6 Å². The van der Waals surface area contributed by atoms with Gasteiger partial charge in [0.25, 0.3) is 0 Å². The fourth-order valence-corrected chi connectivity index (χ4v) is 5.03. The number of amides is 2. The molecule has 32 heavy (non-hydrogen) atoms. The van der Waals surface area contributed by atoms with Gasteiger partial charge in [0.2, 0.25) is 10.0 Å². The number of anilines is 1. The maximum Gasteiger partial charge on any atom is 0.313 e. The largest absolute Gasteiger partial charge is 0.492 e. The molecule has 172 valence electrons. The number of nitrogens with one attached hydrogen (secondary N) is 2. The second kappa shape index (κ2) is 11.1. The van der Waals surface area contributed by atoms with Gasteiger partial charge in [0.1, 0.15) is 5.75 Å². The van der Waals surface area contributed by atoms with Crippen molar-refractivity contribution in [3.05, 3.63) is 54.1 Å². The van der Waals surface area contributed by atoms with Crippen molar-refractivity contribution >= 4 is 27.5 Å². The molecule has 0 atom stereocenters. The zero-order chi connectivity index (χ0) is 23.0. The molecule has 1 saturated heterocycles. The van der Waals surface area contributed by atoms with Gasteiger partial charge in [-0.3, -0.25) is 9.59 Å². The maximum absolute atomic E-state index is 12.7. The number of nitrogens with zero attached hydrogens (tertiary/aromatic N) is 1. The third-order valence-electron chi connectivity index (χ3n) is 5.22. The average Bonchev–Trinajstić information content (AvgIpc) is 2.81. The first-order valence-electron chi connectivity index (χ1n) is 10.8. The van der Waals surface area contributed by atoms with E-state index in [9.17, 15) is 18.0 Å². The van der Waals surface area contributed by atoms with Crippen LogP contribution in [0.4, 0.5) is 5.69 Å². The smallest absolute Gasteiger partial charge is 0.313 e.